The van der Waals surface area contributed by atoms with E-state index in [9.17, 15) is 4.39 Å². The Labute approximate surface area is 103 Å². The van der Waals surface area contributed by atoms with E-state index in [2.05, 4.69) is 21.2 Å². The molecule has 1 aromatic rings. The molecule has 16 heavy (non-hydrogen) atoms. The van der Waals surface area contributed by atoms with E-state index in [1.165, 1.54) is 12.1 Å². The maximum atomic E-state index is 13.1. The Bertz CT molecular complexity index is 359. The highest BCUT2D eigenvalue weighted by Crippen LogP contribution is 2.44. The summed E-state index contributed by atoms with van der Waals surface area (Å²) < 4.78 is 13.8. The lowest BCUT2D eigenvalue weighted by molar-refractivity contribution is 0.207. The van der Waals surface area contributed by atoms with Crippen LogP contribution < -0.4 is 5.32 Å². The number of aliphatic hydroxyl groups is 1. The second-order valence-corrected chi connectivity index (χ2v) is 5.46. The predicted molar refractivity (Wildman–Crippen MR) is 64.6 cm³/mol. The molecule has 1 aliphatic rings. The lowest BCUT2D eigenvalue weighted by atomic mass is 10.1. The van der Waals surface area contributed by atoms with Crippen molar-refractivity contribution < 1.29 is 9.50 Å². The molecule has 0 heterocycles. The molecule has 1 saturated carbocycles. The summed E-state index contributed by atoms with van der Waals surface area (Å²) in [6.07, 6.45) is 2.17. The molecule has 2 rings (SSSR count). The molecule has 0 aromatic heterocycles. The molecule has 2 nitrogen and oxygen atoms in total. The summed E-state index contributed by atoms with van der Waals surface area (Å²) in [6.45, 7) is 1.68. The lowest BCUT2D eigenvalue weighted by Crippen LogP contribution is -2.26. The minimum atomic E-state index is -0.227. The van der Waals surface area contributed by atoms with Gasteiger partial charge in [0.1, 0.15) is 5.82 Å². The van der Waals surface area contributed by atoms with E-state index in [1.54, 1.807) is 0 Å². The van der Waals surface area contributed by atoms with Crippen LogP contribution in [0, 0.1) is 11.2 Å². The van der Waals surface area contributed by atoms with Gasteiger partial charge in [-0.15, -0.1) is 0 Å². The summed E-state index contributed by atoms with van der Waals surface area (Å²) in [5.74, 6) is -0.227. The lowest BCUT2D eigenvalue weighted by Gasteiger charge is -2.12. The van der Waals surface area contributed by atoms with E-state index in [-0.39, 0.29) is 17.8 Å². The van der Waals surface area contributed by atoms with Crippen LogP contribution in [0.15, 0.2) is 22.7 Å². The summed E-state index contributed by atoms with van der Waals surface area (Å²) >= 11 is 3.26. The van der Waals surface area contributed by atoms with Crippen molar-refractivity contribution >= 4 is 15.9 Å². The van der Waals surface area contributed by atoms with Gasteiger partial charge in [-0.05, 0) is 36.6 Å². The van der Waals surface area contributed by atoms with E-state index in [4.69, 9.17) is 5.11 Å². The van der Waals surface area contributed by atoms with Gasteiger partial charge in [0.05, 0.1) is 0 Å². The molecule has 0 spiro atoms. The molecule has 0 amide bonds. The number of halogens is 2. The minimum Gasteiger partial charge on any atom is -0.396 e. The van der Waals surface area contributed by atoms with Crippen molar-refractivity contribution in [3.8, 4) is 0 Å². The van der Waals surface area contributed by atoms with Gasteiger partial charge in [-0.2, -0.15) is 0 Å². The molecule has 0 aliphatic heterocycles. The number of nitrogens with one attached hydrogen (secondary N) is 1. The highest BCUT2D eigenvalue weighted by Gasteiger charge is 2.41. The van der Waals surface area contributed by atoms with Crippen molar-refractivity contribution in [3.05, 3.63) is 34.1 Å². The number of benzene rings is 1. The molecule has 0 atom stereocenters. The molecule has 2 N–H and O–H groups in total. The van der Waals surface area contributed by atoms with Crippen LogP contribution in [0.2, 0.25) is 0 Å². The Hall–Kier alpha value is -0.450. The van der Waals surface area contributed by atoms with Crippen molar-refractivity contribution in [1.82, 2.24) is 5.32 Å². The SMILES string of the molecule is OCC1(CNCc2cc(F)cc(Br)c2)CC1. The average molecular weight is 288 g/mol. The molecule has 0 radical (unpaired) electrons. The zero-order valence-electron chi connectivity index (χ0n) is 8.97. The molecule has 4 heteroatoms. The third-order valence-electron chi connectivity index (χ3n) is 3.04. The Kier molecular flexibility index (Phi) is 3.62. The standard InChI is InChI=1S/C12H15BrFNO/c13-10-3-9(4-11(14)5-10)6-15-7-12(8-16)1-2-12/h3-5,15-16H,1-2,6-8H2. The van der Waals surface area contributed by atoms with E-state index >= 15 is 0 Å². The summed E-state index contributed by atoms with van der Waals surface area (Å²) in [5.41, 5.74) is 1.02. The van der Waals surface area contributed by atoms with Crippen molar-refractivity contribution in [2.75, 3.05) is 13.2 Å². The van der Waals surface area contributed by atoms with Crippen LogP contribution >= 0.6 is 15.9 Å². The third-order valence-corrected chi connectivity index (χ3v) is 3.50. The Balaban J connectivity index is 1.85. The van der Waals surface area contributed by atoms with E-state index in [0.29, 0.717) is 6.54 Å². The first kappa shape index (κ1) is 12.0. The molecule has 1 aliphatic carbocycles. The van der Waals surface area contributed by atoms with Gasteiger partial charge in [0.15, 0.2) is 0 Å². The highest BCUT2D eigenvalue weighted by molar-refractivity contribution is 9.10. The fourth-order valence-electron chi connectivity index (χ4n) is 1.75. The quantitative estimate of drug-likeness (QED) is 0.872. The second kappa shape index (κ2) is 4.82. The first-order valence-electron chi connectivity index (χ1n) is 5.40. The molecule has 0 saturated heterocycles. The van der Waals surface area contributed by atoms with Gasteiger partial charge in [0, 0.05) is 29.6 Å². The maximum absolute atomic E-state index is 13.1. The van der Waals surface area contributed by atoms with Crippen molar-refractivity contribution in [1.29, 1.82) is 0 Å². The second-order valence-electron chi connectivity index (χ2n) is 4.54. The van der Waals surface area contributed by atoms with Gasteiger partial charge >= 0.3 is 0 Å². The number of hydrogen-bond donors (Lipinski definition) is 2. The van der Waals surface area contributed by atoms with E-state index in [0.717, 1.165) is 29.4 Å². The molecule has 1 fully saturated rings. The van der Waals surface area contributed by atoms with Gasteiger partial charge < -0.3 is 10.4 Å². The van der Waals surface area contributed by atoms with Crippen LogP contribution in [0.1, 0.15) is 18.4 Å². The Morgan fingerprint density at radius 3 is 2.69 bits per heavy atom. The first-order valence-corrected chi connectivity index (χ1v) is 6.19. The van der Waals surface area contributed by atoms with Crippen molar-refractivity contribution in [2.45, 2.75) is 19.4 Å². The first-order chi connectivity index (χ1) is 7.63. The van der Waals surface area contributed by atoms with Crippen molar-refractivity contribution in [3.63, 3.8) is 0 Å². The Morgan fingerprint density at radius 1 is 1.38 bits per heavy atom. The van der Waals surface area contributed by atoms with Gasteiger partial charge in [0.2, 0.25) is 0 Å². The largest absolute Gasteiger partial charge is 0.396 e. The maximum Gasteiger partial charge on any atom is 0.124 e. The fraction of sp³-hybridized carbons (Fsp3) is 0.500. The van der Waals surface area contributed by atoms with Crippen LogP contribution in [-0.2, 0) is 6.54 Å². The average Bonchev–Trinajstić information content (AvgIpc) is 2.97. The number of aliphatic hydroxyl groups excluding tert-OH is 1. The van der Waals surface area contributed by atoms with Gasteiger partial charge in [-0.3, -0.25) is 0 Å². The third kappa shape index (κ3) is 3.03. The molecule has 1 aromatic carbocycles. The molecule has 0 bridgehead atoms. The normalized spacial score (nSPS) is 17.4. The van der Waals surface area contributed by atoms with E-state index in [1.807, 2.05) is 6.07 Å². The fourth-order valence-corrected chi connectivity index (χ4v) is 2.27. The molecular formula is C12H15BrFNO. The number of rotatable bonds is 5. The van der Waals surface area contributed by atoms with Gasteiger partial charge in [-0.25, -0.2) is 4.39 Å². The molecule has 88 valence electrons. The minimum absolute atomic E-state index is 0.102. The summed E-state index contributed by atoms with van der Waals surface area (Å²) in [7, 11) is 0. The monoisotopic (exact) mass is 287 g/mol. The van der Waals surface area contributed by atoms with Crippen LogP contribution in [0.3, 0.4) is 0 Å². The van der Waals surface area contributed by atoms with Crippen molar-refractivity contribution in [2.24, 2.45) is 5.41 Å². The zero-order chi connectivity index (χ0) is 11.6. The van der Waals surface area contributed by atoms with Crippen LogP contribution in [-0.4, -0.2) is 18.3 Å². The van der Waals surface area contributed by atoms with E-state index < -0.39 is 0 Å². The van der Waals surface area contributed by atoms with Crippen LogP contribution in [0.4, 0.5) is 4.39 Å². The van der Waals surface area contributed by atoms with Crippen LogP contribution in [0.5, 0.6) is 0 Å². The zero-order valence-corrected chi connectivity index (χ0v) is 10.6. The summed E-state index contributed by atoms with van der Waals surface area (Å²) in [4.78, 5) is 0. The summed E-state index contributed by atoms with van der Waals surface area (Å²) in [5, 5.41) is 12.4. The predicted octanol–water partition coefficient (Wildman–Crippen LogP) is 2.45. The topological polar surface area (TPSA) is 32.3 Å². The molecule has 0 unspecified atom stereocenters. The number of hydrogen-bond acceptors (Lipinski definition) is 2. The van der Waals surface area contributed by atoms with Gasteiger partial charge in [0.25, 0.3) is 0 Å². The molecular weight excluding hydrogens is 273 g/mol. The summed E-state index contributed by atoms with van der Waals surface area (Å²) in [6, 6.07) is 4.87. The Morgan fingerprint density at radius 2 is 2.12 bits per heavy atom. The van der Waals surface area contributed by atoms with Gasteiger partial charge in [-0.1, -0.05) is 15.9 Å². The van der Waals surface area contributed by atoms with Crippen LogP contribution in [0.25, 0.3) is 0 Å². The smallest absolute Gasteiger partial charge is 0.124 e. The highest BCUT2D eigenvalue weighted by atomic mass is 79.9.